The fourth-order valence-corrected chi connectivity index (χ4v) is 2.71. The molecular weight excluding hydrogens is 234 g/mol. The maximum Gasteiger partial charge on any atom is 0.228 e. The van der Waals surface area contributed by atoms with Crippen LogP contribution in [0.5, 0.6) is 0 Å². The third-order valence-electron chi connectivity index (χ3n) is 3.09. The Hall–Kier alpha value is -0.940. The van der Waals surface area contributed by atoms with Crippen LogP contribution in [0.2, 0.25) is 0 Å². The molecule has 1 aliphatic rings. The van der Waals surface area contributed by atoms with E-state index in [4.69, 9.17) is 0 Å². The van der Waals surface area contributed by atoms with E-state index in [0.29, 0.717) is 0 Å². The highest BCUT2D eigenvalue weighted by atomic mass is 32.1. The molecule has 1 aliphatic heterocycles. The van der Waals surface area contributed by atoms with Gasteiger partial charge < -0.3 is 10.2 Å². The average Bonchev–Trinajstić information content (AvgIpc) is 2.81. The Morgan fingerprint density at radius 3 is 2.82 bits per heavy atom. The van der Waals surface area contributed by atoms with Crippen molar-refractivity contribution in [2.75, 3.05) is 26.2 Å². The van der Waals surface area contributed by atoms with Crippen LogP contribution in [0.3, 0.4) is 0 Å². The number of hydrogen-bond donors (Lipinski definition) is 1. The van der Waals surface area contributed by atoms with Crippen LogP contribution in [0.25, 0.3) is 0 Å². The maximum atomic E-state index is 12.4. The molecule has 1 amide bonds. The van der Waals surface area contributed by atoms with Gasteiger partial charge in [-0.25, -0.2) is 4.98 Å². The molecule has 0 radical (unpaired) electrons. The van der Waals surface area contributed by atoms with E-state index in [2.05, 4.69) is 10.3 Å². The van der Waals surface area contributed by atoms with E-state index in [9.17, 15) is 4.79 Å². The maximum absolute atomic E-state index is 12.4. The molecule has 17 heavy (non-hydrogen) atoms. The van der Waals surface area contributed by atoms with Crippen LogP contribution >= 0.6 is 11.3 Å². The zero-order valence-corrected chi connectivity index (χ0v) is 11.2. The quantitative estimate of drug-likeness (QED) is 0.879. The van der Waals surface area contributed by atoms with Crippen LogP contribution in [-0.4, -0.2) is 42.0 Å². The molecule has 0 bridgehead atoms. The topological polar surface area (TPSA) is 45.2 Å². The standard InChI is InChI=1S/C12H19N3OS/c1-12(2,7-10-8-17-9-14-10)11(16)15-5-3-13-4-6-15/h8-9,13H,3-7H2,1-2H3. The molecule has 1 N–H and O–H groups in total. The van der Waals surface area contributed by atoms with Crippen LogP contribution in [0.15, 0.2) is 10.9 Å². The third-order valence-corrected chi connectivity index (χ3v) is 3.72. The first-order valence-electron chi connectivity index (χ1n) is 5.97. The molecule has 1 aromatic rings. The van der Waals surface area contributed by atoms with Crippen molar-refractivity contribution in [1.29, 1.82) is 0 Å². The number of nitrogens with one attached hydrogen (secondary N) is 1. The van der Waals surface area contributed by atoms with E-state index < -0.39 is 0 Å². The molecule has 1 aromatic heterocycles. The molecule has 2 rings (SSSR count). The van der Waals surface area contributed by atoms with E-state index in [1.807, 2.05) is 29.6 Å². The highest BCUT2D eigenvalue weighted by Gasteiger charge is 2.33. The van der Waals surface area contributed by atoms with Gasteiger partial charge in [-0.15, -0.1) is 11.3 Å². The smallest absolute Gasteiger partial charge is 0.228 e. The third kappa shape index (κ3) is 3.04. The molecule has 0 atom stereocenters. The fraction of sp³-hybridized carbons (Fsp3) is 0.667. The van der Waals surface area contributed by atoms with E-state index >= 15 is 0 Å². The van der Waals surface area contributed by atoms with Crippen LogP contribution in [0.4, 0.5) is 0 Å². The second-order valence-corrected chi connectivity index (χ2v) is 5.80. The summed E-state index contributed by atoms with van der Waals surface area (Å²) in [7, 11) is 0. The summed E-state index contributed by atoms with van der Waals surface area (Å²) in [5, 5.41) is 5.28. The van der Waals surface area contributed by atoms with Crippen molar-refractivity contribution in [3.05, 3.63) is 16.6 Å². The van der Waals surface area contributed by atoms with Crippen molar-refractivity contribution in [2.24, 2.45) is 5.41 Å². The summed E-state index contributed by atoms with van der Waals surface area (Å²) < 4.78 is 0. The van der Waals surface area contributed by atoms with Gasteiger partial charge in [0.05, 0.1) is 11.2 Å². The second-order valence-electron chi connectivity index (χ2n) is 5.08. The molecule has 1 saturated heterocycles. The zero-order chi connectivity index (χ0) is 12.3. The number of rotatable bonds is 3. The van der Waals surface area contributed by atoms with Crippen molar-refractivity contribution in [3.8, 4) is 0 Å². The first-order chi connectivity index (χ1) is 8.09. The van der Waals surface area contributed by atoms with Gasteiger partial charge in [-0.05, 0) is 0 Å². The normalized spacial score (nSPS) is 17.2. The van der Waals surface area contributed by atoms with Crippen molar-refractivity contribution >= 4 is 17.2 Å². The fourth-order valence-electron chi connectivity index (χ4n) is 2.15. The minimum atomic E-state index is -0.356. The number of carbonyl (C=O) groups excluding carboxylic acids is 1. The molecule has 0 spiro atoms. The van der Waals surface area contributed by atoms with Crippen molar-refractivity contribution < 1.29 is 4.79 Å². The number of piperazine rings is 1. The Morgan fingerprint density at radius 1 is 1.53 bits per heavy atom. The molecular formula is C12H19N3OS. The minimum Gasteiger partial charge on any atom is -0.340 e. The number of amides is 1. The molecule has 2 heterocycles. The molecule has 4 nitrogen and oxygen atoms in total. The van der Waals surface area contributed by atoms with E-state index in [1.54, 1.807) is 11.3 Å². The summed E-state index contributed by atoms with van der Waals surface area (Å²) in [4.78, 5) is 18.6. The van der Waals surface area contributed by atoms with Gasteiger partial charge in [-0.2, -0.15) is 0 Å². The van der Waals surface area contributed by atoms with E-state index in [0.717, 1.165) is 38.3 Å². The number of thiazole rings is 1. The van der Waals surface area contributed by atoms with Crippen molar-refractivity contribution in [1.82, 2.24) is 15.2 Å². The predicted molar refractivity (Wildman–Crippen MR) is 69.0 cm³/mol. The Bertz CT molecular complexity index is 369. The molecule has 0 saturated carbocycles. The van der Waals surface area contributed by atoms with Crippen LogP contribution in [-0.2, 0) is 11.2 Å². The Balaban J connectivity index is 2.00. The lowest BCUT2D eigenvalue weighted by atomic mass is 9.86. The lowest BCUT2D eigenvalue weighted by Gasteiger charge is -2.34. The Labute approximate surface area is 106 Å². The van der Waals surface area contributed by atoms with Gasteiger partial charge in [0.15, 0.2) is 0 Å². The van der Waals surface area contributed by atoms with Gasteiger partial charge in [0.1, 0.15) is 0 Å². The summed E-state index contributed by atoms with van der Waals surface area (Å²) in [6, 6.07) is 0. The van der Waals surface area contributed by atoms with Crippen LogP contribution < -0.4 is 5.32 Å². The monoisotopic (exact) mass is 253 g/mol. The highest BCUT2D eigenvalue weighted by Crippen LogP contribution is 2.24. The average molecular weight is 253 g/mol. The molecule has 0 aliphatic carbocycles. The first kappa shape index (κ1) is 12.5. The van der Waals surface area contributed by atoms with Gasteiger partial charge in [0.2, 0.25) is 5.91 Å². The number of carbonyl (C=O) groups is 1. The van der Waals surface area contributed by atoms with Gasteiger partial charge in [-0.3, -0.25) is 4.79 Å². The summed E-state index contributed by atoms with van der Waals surface area (Å²) in [6.07, 6.45) is 0.721. The second kappa shape index (κ2) is 5.14. The summed E-state index contributed by atoms with van der Waals surface area (Å²) >= 11 is 1.58. The SMILES string of the molecule is CC(C)(Cc1cscn1)C(=O)N1CCNCC1. The summed E-state index contributed by atoms with van der Waals surface area (Å²) in [5.41, 5.74) is 2.48. The lowest BCUT2D eigenvalue weighted by Crippen LogP contribution is -2.51. The highest BCUT2D eigenvalue weighted by molar-refractivity contribution is 7.07. The van der Waals surface area contributed by atoms with Crippen molar-refractivity contribution in [2.45, 2.75) is 20.3 Å². The van der Waals surface area contributed by atoms with E-state index in [1.165, 1.54) is 0 Å². The van der Waals surface area contributed by atoms with Crippen LogP contribution in [0.1, 0.15) is 19.5 Å². The van der Waals surface area contributed by atoms with Crippen molar-refractivity contribution in [3.63, 3.8) is 0 Å². The van der Waals surface area contributed by atoms with Gasteiger partial charge >= 0.3 is 0 Å². The first-order valence-corrected chi connectivity index (χ1v) is 6.91. The molecule has 5 heteroatoms. The predicted octanol–water partition coefficient (Wildman–Crippen LogP) is 1.14. The largest absolute Gasteiger partial charge is 0.340 e. The molecule has 0 aromatic carbocycles. The van der Waals surface area contributed by atoms with Gasteiger partial charge in [-0.1, -0.05) is 13.8 Å². The minimum absolute atomic E-state index is 0.243. The van der Waals surface area contributed by atoms with E-state index in [-0.39, 0.29) is 11.3 Å². The molecule has 94 valence electrons. The number of aromatic nitrogens is 1. The number of nitrogens with zero attached hydrogens (tertiary/aromatic N) is 2. The summed E-state index contributed by atoms with van der Waals surface area (Å²) in [6.45, 7) is 7.46. The Morgan fingerprint density at radius 2 is 2.24 bits per heavy atom. The van der Waals surface area contributed by atoms with Gasteiger partial charge in [0, 0.05) is 43.4 Å². The molecule has 1 fully saturated rings. The Kier molecular flexibility index (Phi) is 3.79. The number of hydrogen-bond acceptors (Lipinski definition) is 4. The lowest BCUT2D eigenvalue weighted by molar-refractivity contribution is -0.140. The zero-order valence-electron chi connectivity index (χ0n) is 10.4. The van der Waals surface area contributed by atoms with Gasteiger partial charge in [0.25, 0.3) is 0 Å². The summed E-state index contributed by atoms with van der Waals surface area (Å²) in [5.74, 6) is 0.243. The van der Waals surface area contributed by atoms with Crippen LogP contribution in [0, 0.1) is 5.41 Å². The molecule has 0 unspecified atom stereocenters.